The van der Waals surface area contributed by atoms with Gasteiger partial charge in [-0.3, -0.25) is 19.2 Å². The summed E-state index contributed by atoms with van der Waals surface area (Å²) in [5, 5.41) is 5.23. The summed E-state index contributed by atoms with van der Waals surface area (Å²) in [7, 11) is 1.50. The van der Waals surface area contributed by atoms with Crippen molar-refractivity contribution in [2.75, 3.05) is 46.3 Å². The first-order chi connectivity index (χ1) is 20.4. The number of aryl methyl sites for hydroxylation is 1. The maximum Gasteiger partial charge on any atom is 0.416 e. The molecule has 8 N–H and O–H groups in total. The van der Waals surface area contributed by atoms with Crippen molar-refractivity contribution in [1.82, 2.24) is 20.4 Å². The van der Waals surface area contributed by atoms with Crippen LogP contribution in [0.1, 0.15) is 56.6 Å². The van der Waals surface area contributed by atoms with Crippen LogP contribution >= 0.6 is 0 Å². The Labute approximate surface area is 307 Å². The lowest BCUT2D eigenvalue weighted by atomic mass is 10.0. The van der Waals surface area contributed by atoms with Crippen LogP contribution in [-0.4, -0.2) is 91.8 Å². The highest BCUT2D eigenvalue weighted by Gasteiger charge is 2.30. The van der Waals surface area contributed by atoms with Gasteiger partial charge in [-0.1, -0.05) is 52.6 Å². The third kappa shape index (κ3) is 19.0. The molecule has 1 unspecified atom stereocenters. The minimum atomic E-state index is -4.51. The van der Waals surface area contributed by atoms with E-state index in [4.69, 9.17) is 17.2 Å². The molecule has 2 atom stereocenters. The number of likely N-dealkylation sites (N-methyl/N-ethyl adjacent to an activating group) is 1. The molecular weight excluding hydrogens is 710 g/mol. The van der Waals surface area contributed by atoms with Crippen molar-refractivity contribution in [2.24, 2.45) is 17.2 Å². The average Bonchev–Trinajstić information content (AvgIpc) is 2.98. The number of alkyl halides is 3. The minimum Gasteiger partial charge on any atom is -1.00 e. The molecule has 0 saturated carbocycles. The highest BCUT2D eigenvalue weighted by molar-refractivity contribution is 5.94. The first kappa shape index (κ1) is 55.3. The Balaban J connectivity index is -0.00000108. The minimum absolute atomic E-state index is 0. The number of hydrogen-bond acceptors (Lipinski definition) is 7. The third-order valence-electron chi connectivity index (χ3n) is 6.64. The summed E-state index contributed by atoms with van der Waals surface area (Å²) in [5.74, 6) is -2.10. The smallest absolute Gasteiger partial charge is 0.416 e. The van der Waals surface area contributed by atoms with Crippen molar-refractivity contribution in [1.29, 1.82) is 0 Å². The Morgan fingerprint density at radius 1 is 0.837 bits per heavy atom. The van der Waals surface area contributed by atoms with E-state index in [2.05, 4.69) is 10.6 Å². The molecule has 0 aliphatic heterocycles. The number of rotatable bonds is 16. The van der Waals surface area contributed by atoms with E-state index in [1.807, 2.05) is 30.3 Å². The zero-order chi connectivity index (χ0) is 32.0. The average molecular weight is 762 g/mol. The number of benzene rings is 2. The molecule has 2 rings (SSSR count). The third-order valence-corrected chi connectivity index (χ3v) is 6.64. The van der Waals surface area contributed by atoms with Gasteiger partial charge in [0.25, 0.3) is 5.91 Å². The topological polar surface area (TPSA) is 177 Å². The Morgan fingerprint density at radius 3 is 1.86 bits per heavy atom. The van der Waals surface area contributed by atoms with Gasteiger partial charge in [0, 0.05) is 51.9 Å². The molecule has 0 aliphatic carbocycles. The number of hydrogen-bond donors (Lipinski definition) is 5. The van der Waals surface area contributed by atoms with E-state index in [0.717, 1.165) is 29.8 Å². The van der Waals surface area contributed by atoms with E-state index in [1.165, 1.54) is 16.8 Å². The molecule has 0 bridgehead atoms. The fourth-order valence-electron chi connectivity index (χ4n) is 4.20. The molecule has 2 aromatic rings. The van der Waals surface area contributed by atoms with Crippen LogP contribution in [-0.2, 0) is 27.0 Å². The summed E-state index contributed by atoms with van der Waals surface area (Å²) in [4.78, 5) is 54.0. The lowest BCUT2D eigenvalue weighted by Gasteiger charge is -2.27. The number of carbonyl (C=O) groups excluding carboxylic acids is 4. The number of nitrogens with zero attached hydrogens (tertiary/aromatic N) is 2. The van der Waals surface area contributed by atoms with Gasteiger partial charge in [-0.05, 0) is 42.7 Å². The van der Waals surface area contributed by atoms with Crippen LogP contribution in [0, 0.1) is 0 Å². The van der Waals surface area contributed by atoms with Gasteiger partial charge < -0.3 is 74.9 Å². The second-order valence-electron chi connectivity index (χ2n) is 9.95. The lowest BCUT2D eigenvalue weighted by molar-refractivity contribution is -0.138. The Kier molecular flexibility index (Phi) is 31.2. The molecule has 0 spiro atoms. The van der Waals surface area contributed by atoms with Crippen molar-refractivity contribution >= 4 is 23.6 Å². The van der Waals surface area contributed by atoms with E-state index < -0.39 is 41.5 Å². The lowest BCUT2D eigenvalue weighted by Crippen LogP contribution is -3.00. The second-order valence-corrected chi connectivity index (χ2v) is 9.95. The van der Waals surface area contributed by atoms with E-state index in [0.29, 0.717) is 6.42 Å². The number of carbonyl (C=O) groups is 4. The zero-order valence-corrected chi connectivity index (χ0v) is 27.5. The van der Waals surface area contributed by atoms with Gasteiger partial charge in [0.1, 0.15) is 6.04 Å². The van der Waals surface area contributed by atoms with Crippen molar-refractivity contribution in [3.63, 3.8) is 0 Å². The molecule has 0 aromatic heterocycles. The summed E-state index contributed by atoms with van der Waals surface area (Å²) in [5.41, 5.74) is 17.2. The molecule has 2 aromatic carbocycles. The van der Waals surface area contributed by atoms with E-state index >= 15 is 0 Å². The van der Waals surface area contributed by atoms with Crippen LogP contribution in [0.4, 0.5) is 13.2 Å². The van der Waals surface area contributed by atoms with Gasteiger partial charge >= 0.3 is 6.18 Å². The van der Waals surface area contributed by atoms with Crippen LogP contribution in [0.2, 0.25) is 0 Å². The van der Waals surface area contributed by atoms with Crippen LogP contribution < -0.4 is 65.1 Å². The molecule has 0 aliphatic rings. The highest BCUT2D eigenvalue weighted by Crippen LogP contribution is 2.29. The summed E-state index contributed by atoms with van der Waals surface area (Å²) >= 11 is 0. The normalized spacial score (nSPS) is 11.1. The zero-order valence-electron chi connectivity index (χ0n) is 25.2. The quantitative estimate of drug-likeness (QED) is 0.113. The molecule has 284 valence electrons. The molecule has 4 amide bonds. The van der Waals surface area contributed by atoms with E-state index in [-0.39, 0.29) is 123 Å². The van der Waals surface area contributed by atoms with Crippen LogP contribution in [0.15, 0.2) is 54.6 Å². The maximum absolute atomic E-state index is 13.3. The number of nitrogens with one attached hydrogen (secondary N) is 2. The fourth-order valence-corrected chi connectivity index (χ4v) is 4.20. The molecule has 49 heavy (non-hydrogen) atoms. The van der Waals surface area contributed by atoms with Crippen molar-refractivity contribution in [3.8, 4) is 0 Å². The first-order valence-corrected chi connectivity index (χ1v) is 13.9. The molecular formula is C32H52Cl3F3N7O4-3. The van der Waals surface area contributed by atoms with E-state index in [9.17, 15) is 32.3 Å². The summed E-state index contributed by atoms with van der Waals surface area (Å²) in [6, 6.07) is 10.9. The van der Waals surface area contributed by atoms with Gasteiger partial charge in [0.05, 0.1) is 18.0 Å². The van der Waals surface area contributed by atoms with Gasteiger partial charge in [0.15, 0.2) is 0 Å². The first-order valence-electron chi connectivity index (χ1n) is 13.9. The number of nitrogens with two attached hydrogens (primary N) is 3. The molecule has 0 saturated heterocycles. The highest BCUT2D eigenvalue weighted by atomic mass is 35.5. The van der Waals surface area contributed by atoms with Gasteiger partial charge in [0.2, 0.25) is 17.7 Å². The molecule has 17 heteroatoms. The Morgan fingerprint density at radius 2 is 1.37 bits per heavy atom. The van der Waals surface area contributed by atoms with Crippen molar-refractivity contribution in [3.05, 3.63) is 71.3 Å². The molecule has 0 radical (unpaired) electrons. The number of halogens is 6. The molecule has 11 nitrogen and oxygen atoms in total. The molecule has 0 heterocycles. The Hall–Kier alpha value is -3.14. The largest absolute Gasteiger partial charge is 1.00 e. The summed E-state index contributed by atoms with van der Waals surface area (Å²) in [6.45, 7) is 1.04. The second kappa shape index (κ2) is 27.7. The standard InChI is InChI=1S/C29H40F3N7O4.3CH4.3ClH/c1-38(18-15-36-26(41)21-8-10-22(11-9-21)29(30,31)32)28(43)24(12-7-20-5-3-2-4-6-20)37-27(42)23(35)19-25(40)39(16-13-33)17-14-34;;;;;;/h2-6,8-11,23-24H,7,12-19,33-35H2,1H3,(H,36,41)(H,37,42);3*1H4;3*1H/p-3/t23?,24-;;;;;;/m0....../s1. The van der Waals surface area contributed by atoms with Gasteiger partial charge in [-0.15, -0.1) is 0 Å². The van der Waals surface area contributed by atoms with Gasteiger partial charge in [-0.2, -0.15) is 13.2 Å². The Bertz CT molecular complexity index is 1210. The maximum atomic E-state index is 13.3. The summed E-state index contributed by atoms with van der Waals surface area (Å²) < 4.78 is 38.3. The van der Waals surface area contributed by atoms with Crippen molar-refractivity contribution in [2.45, 2.75) is 59.8 Å². The SMILES string of the molecule is C.C.C.CN(CCNC(=O)c1ccc(C(F)(F)F)cc1)C(=O)[C@H](CCc1ccccc1)NC(=O)C(N)CC(=O)N(CCN)CCN.[Cl-].[Cl-].[Cl-]. The van der Waals surface area contributed by atoms with Crippen LogP contribution in [0.3, 0.4) is 0 Å². The van der Waals surface area contributed by atoms with Gasteiger partial charge in [-0.25, -0.2) is 0 Å². The number of amides is 4. The fraction of sp³-hybridized carbons (Fsp3) is 0.500. The van der Waals surface area contributed by atoms with Crippen molar-refractivity contribution < 1.29 is 69.6 Å². The predicted octanol–water partition coefficient (Wildman–Crippen LogP) is -6.61. The molecule has 0 fully saturated rings. The van der Waals surface area contributed by atoms with Crippen LogP contribution in [0.25, 0.3) is 0 Å². The van der Waals surface area contributed by atoms with Crippen LogP contribution in [0.5, 0.6) is 0 Å². The monoisotopic (exact) mass is 760 g/mol. The predicted molar refractivity (Wildman–Crippen MR) is 176 cm³/mol. The summed E-state index contributed by atoms with van der Waals surface area (Å²) in [6.07, 6.45) is -4.11. The van der Waals surface area contributed by atoms with E-state index in [1.54, 1.807) is 0 Å².